The second kappa shape index (κ2) is 5.95. The van der Waals surface area contributed by atoms with Crippen LogP contribution >= 0.6 is 0 Å². The number of nitrogens with zero attached hydrogens (tertiary/aromatic N) is 1. The molecular formula is C14H21N3O2S. The van der Waals surface area contributed by atoms with Crippen molar-refractivity contribution in [1.82, 2.24) is 14.6 Å². The summed E-state index contributed by atoms with van der Waals surface area (Å²) in [5.74, 6) is 0. The molecule has 1 aromatic carbocycles. The van der Waals surface area contributed by atoms with Crippen LogP contribution in [0.1, 0.15) is 26.2 Å². The van der Waals surface area contributed by atoms with Gasteiger partial charge in [0.25, 0.3) is 0 Å². The summed E-state index contributed by atoms with van der Waals surface area (Å²) in [5, 5.41) is -0.278. The number of aromatic amines is 1. The highest BCUT2D eigenvalue weighted by Gasteiger charge is 2.11. The number of hydrogen-bond acceptors (Lipinski definition) is 3. The third-order valence-electron chi connectivity index (χ3n) is 2.46. The van der Waals surface area contributed by atoms with Gasteiger partial charge in [0.1, 0.15) is 1.41 Å². The van der Waals surface area contributed by atoms with E-state index in [1.165, 1.54) is 0 Å². The van der Waals surface area contributed by atoms with Crippen molar-refractivity contribution in [3.63, 3.8) is 0 Å². The maximum atomic E-state index is 12.3. The molecule has 1 heterocycles. The number of rotatable bonds is 6. The van der Waals surface area contributed by atoms with Crippen LogP contribution in [0, 0.1) is 0 Å². The minimum atomic E-state index is -4.83. The van der Waals surface area contributed by atoms with Crippen molar-refractivity contribution < 1.29 is 26.3 Å². The average Bonchev–Trinajstić information content (AvgIpc) is 2.88. The van der Waals surface area contributed by atoms with Gasteiger partial charge in [0.15, 0.2) is 1.41 Å². The number of nitrogens with one attached hydrogen (secondary N) is 2. The molecule has 0 atom stereocenters. The fourth-order valence-corrected chi connectivity index (χ4v) is 2.08. The number of aromatic nitrogens is 1. The molecule has 0 spiro atoms. The maximum absolute atomic E-state index is 12.3. The summed E-state index contributed by atoms with van der Waals surface area (Å²) < 4.78 is 125. The van der Waals surface area contributed by atoms with Crippen molar-refractivity contribution in [2.24, 2.45) is 0 Å². The highest BCUT2D eigenvalue weighted by molar-refractivity contribution is 7.88. The molecule has 0 saturated carbocycles. The van der Waals surface area contributed by atoms with Gasteiger partial charge < -0.3 is 9.88 Å². The topological polar surface area (TPSA) is 65.2 Å². The van der Waals surface area contributed by atoms with Crippen LogP contribution in [-0.4, -0.2) is 45.8 Å². The number of fused-ring (bicyclic) bond motifs is 1. The van der Waals surface area contributed by atoms with Gasteiger partial charge in [-0.3, -0.25) is 0 Å². The standard InChI is InChI=1S/C14H21N3O2S/c1-15-20(18,19)10-11-4-5-14-13(8-11)12(9-16-14)6-7-17(2)3/h4-5,8-9,15-16H,6-7,10H2,1-3H3/i2D3,3D3,6D2,9D,10D2/hD2. The first-order chi connectivity index (χ1) is 14.6. The van der Waals surface area contributed by atoms with E-state index in [1.54, 1.807) is 0 Å². The van der Waals surface area contributed by atoms with E-state index in [9.17, 15) is 8.42 Å². The minimum Gasteiger partial charge on any atom is -0.361 e. The van der Waals surface area contributed by atoms with Gasteiger partial charge in [-0.05, 0) is 50.6 Å². The van der Waals surface area contributed by atoms with Crippen molar-refractivity contribution >= 4 is 20.9 Å². The van der Waals surface area contributed by atoms with E-state index in [2.05, 4.69) is 0 Å². The molecule has 0 amide bonds. The van der Waals surface area contributed by atoms with E-state index < -0.39 is 59.9 Å². The van der Waals surface area contributed by atoms with Gasteiger partial charge in [0, 0.05) is 37.3 Å². The lowest BCUT2D eigenvalue weighted by Gasteiger charge is -2.08. The van der Waals surface area contributed by atoms with Crippen molar-refractivity contribution in [3.8, 4) is 0 Å². The second-order valence-electron chi connectivity index (χ2n) is 3.85. The van der Waals surface area contributed by atoms with E-state index in [0.717, 1.165) is 25.2 Å². The maximum Gasteiger partial charge on any atom is 0.215 e. The van der Waals surface area contributed by atoms with E-state index in [4.69, 9.17) is 17.9 Å². The van der Waals surface area contributed by atoms with Crippen molar-refractivity contribution in [1.29, 1.82) is 0 Å². The molecule has 0 aliphatic heterocycles. The molecule has 6 heteroatoms. The first-order valence-corrected chi connectivity index (χ1v) is 6.91. The molecule has 2 N–H and O–H groups in total. The largest absolute Gasteiger partial charge is 0.361 e. The van der Waals surface area contributed by atoms with Crippen molar-refractivity contribution in [3.05, 3.63) is 35.5 Å². The minimum absolute atomic E-state index is 0.0464. The van der Waals surface area contributed by atoms with Crippen LogP contribution in [-0.2, 0) is 22.1 Å². The lowest BCUT2D eigenvalue weighted by atomic mass is 10.1. The van der Waals surface area contributed by atoms with Crippen LogP contribution in [0.2, 0.25) is 2.82 Å². The molecule has 5 nitrogen and oxygen atoms in total. The Morgan fingerprint density at radius 3 is 3.10 bits per heavy atom. The van der Waals surface area contributed by atoms with Crippen LogP contribution in [0.4, 0.5) is 0 Å². The highest BCUT2D eigenvalue weighted by atomic mass is 32.2. The molecular weight excluding hydrogens is 274 g/mol. The van der Waals surface area contributed by atoms with E-state index in [0.29, 0.717) is 4.98 Å². The third kappa shape index (κ3) is 3.59. The quantitative estimate of drug-likeness (QED) is 0.846. The van der Waals surface area contributed by atoms with Gasteiger partial charge in [-0.1, -0.05) is 6.07 Å². The summed E-state index contributed by atoms with van der Waals surface area (Å²) in [6, 6.07) is 2.98. The van der Waals surface area contributed by atoms with Gasteiger partial charge >= 0.3 is 0 Å². The number of benzene rings is 1. The Morgan fingerprint density at radius 2 is 2.40 bits per heavy atom. The van der Waals surface area contributed by atoms with Crippen LogP contribution in [0.3, 0.4) is 0 Å². The number of H-pyrrole nitrogens is 1. The molecule has 2 aromatic rings. The summed E-state index contributed by atoms with van der Waals surface area (Å²) in [5.41, 5.74) is -4.40. The zero-order valence-corrected chi connectivity index (χ0v) is 11.3. The van der Waals surface area contributed by atoms with E-state index >= 15 is 0 Å². The predicted octanol–water partition coefficient (Wildman–Crippen LogP) is 1.32. The lowest BCUT2D eigenvalue weighted by Crippen LogP contribution is -2.20. The van der Waals surface area contributed by atoms with Crippen molar-refractivity contribution in [2.75, 3.05) is 27.5 Å². The molecule has 0 fully saturated rings. The number of hydrogen-bond donors (Lipinski definition) is 2. The highest BCUT2D eigenvalue weighted by Crippen LogP contribution is 2.21. The molecule has 2 rings (SSSR count). The molecule has 0 aliphatic carbocycles. The second-order valence-corrected chi connectivity index (χ2v) is 5.37. The van der Waals surface area contributed by atoms with E-state index in [-0.39, 0.29) is 20.5 Å². The lowest BCUT2D eigenvalue weighted by molar-refractivity contribution is 0.414. The van der Waals surface area contributed by atoms with Gasteiger partial charge in [-0.15, -0.1) is 0 Å². The Hall–Kier alpha value is -1.37. The zero-order valence-electron chi connectivity index (χ0n) is 23.5. The normalized spacial score (nSPS) is 24.9. The van der Waals surface area contributed by atoms with Crippen LogP contribution in [0.5, 0.6) is 0 Å². The van der Waals surface area contributed by atoms with Gasteiger partial charge in [0.05, 0.1) is 7.08 Å². The smallest absolute Gasteiger partial charge is 0.215 e. The monoisotopic (exact) mass is 308 g/mol. The fraction of sp³-hybridized carbons (Fsp3) is 0.429. The molecule has 20 heavy (non-hydrogen) atoms. The first kappa shape index (κ1) is 5.44. The molecule has 1 aromatic heterocycles. The van der Waals surface area contributed by atoms with Crippen LogP contribution < -0.4 is 4.72 Å². The predicted molar refractivity (Wildman–Crippen MR) is 82.2 cm³/mol. The van der Waals surface area contributed by atoms with Gasteiger partial charge in [0.2, 0.25) is 10.0 Å². The van der Waals surface area contributed by atoms with Crippen LogP contribution in [0.25, 0.3) is 10.9 Å². The average molecular weight is 308 g/mol. The number of sulfonamides is 1. The summed E-state index contributed by atoms with van der Waals surface area (Å²) in [7, 11) is -4.02. The molecule has 0 aliphatic rings. The Bertz CT molecular complexity index is 1140. The molecule has 0 unspecified atom stereocenters. The summed E-state index contributed by atoms with van der Waals surface area (Å²) in [4.78, 5) is 0.428. The molecule has 0 bridgehead atoms. The first-order valence-electron chi connectivity index (χ1n) is 11.9. The third-order valence-corrected chi connectivity index (χ3v) is 3.43. The fourth-order valence-electron chi connectivity index (χ4n) is 1.56. The molecule has 0 saturated heterocycles. The summed E-state index contributed by atoms with van der Waals surface area (Å²) in [6.45, 7) is -7.68. The van der Waals surface area contributed by atoms with Crippen molar-refractivity contribution in [2.45, 2.75) is 12.1 Å². The van der Waals surface area contributed by atoms with E-state index in [1.807, 2.05) is 0 Å². The van der Waals surface area contributed by atoms with Gasteiger partial charge in [-0.25, -0.2) is 13.1 Å². The van der Waals surface area contributed by atoms with Gasteiger partial charge in [-0.2, -0.15) is 0 Å². The Morgan fingerprint density at radius 1 is 1.60 bits per heavy atom. The Kier molecular flexibility index (Phi) is 1.62. The SMILES string of the molecule is [2H]c1c(C([2H])([2H])CN(C([2H])([2H])[2H])C([2H])([2H])[2H])c2cc(C([2H])([2H])S(=O)(=O)N([2H])C)ccc2n1[2H]. The molecule has 110 valence electrons. The Labute approximate surface area is 138 Å². The Balaban J connectivity index is 2.77. The van der Waals surface area contributed by atoms with Crippen LogP contribution in [0.15, 0.2) is 24.4 Å². The summed E-state index contributed by atoms with van der Waals surface area (Å²) >= 11 is 0. The number of likely N-dealkylation sites (N-methyl/N-ethyl adjacent to an activating group) is 1. The summed E-state index contributed by atoms with van der Waals surface area (Å²) in [6.07, 6.45) is -3.59. The molecule has 0 radical (unpaired) electrons. The zero-order chi connectivity index (χ0) is 25.9.